The van der Waals surface area contributed by atoms with E-state index in [0.29, 0.717) is 38.9 Å². The molecule has 2 saturated carbocycles. The molecule has 0 bridgehead atoms. The Kier molecular flexibility index (Phi) is 5.08. The highest BCUT2D eigenvalue weighted by molar-refractivity contribution is 6.33. The SMILES string of the molecule is CCCC1CCC(N2C(=O)c3ccc4c5c(ccc(c35)C2=O)C(=O)N(C2CCCC2)C4=O)CC1. The summed E-state index contributed by atoms with van der Waals surface area (Å²) in [5.41, 5.74) is 1.72. The molecule has 6 nitrogen and oxygen atoms in total. The number of benzene rings is 2. The van der Waals surface area contributed by atoms with Crippen LogP contribution in [0.25, 0.3) is 10.8 Å². The first-order valence-electron chi connectivity index (χ1n) is 12.9. The van der Waals surface area contributed by atoms with Crippen LogP contribution in [0, 0.1) is 5.92 Å². The van der Waals surface area contributed by atoms with E-state index in [4.69, 9.17) is 0 Å². The van der Waals surface area contributed by atoms with E-state index in [9.17, 15) is 19.2 Å². The van der Waals surface area contributed by atoms with Gasteiger partial charge in [-0.15, -0.1) is 0 Å². The maximum absolute atomic E-state index is 13.6. The van der Waals surface area contributed by atoms with Crippen LogP contribution >= 0.6 is 0 Å². The van der Waals surface area contributed by atoms with Crippen LogP contribution in [0.5, 0.6) is 0 Å². The van der Waals surface area contributed by atoms with Crippen LogP contribution in [0.2, 0.25) is 0 Å². The summed E-state index contributed by atoms with van der Waals surface area (Å²) in [6.45, 7) is 2.20. The van der Waals surface area contributed by atoms with E-state index in [0.717, 1.165) is 57.8 Å². The monoisotopic (exact) mass is 458 g/mol. The Hall–Kier alpha value is -3.02. The average molecular weight is 459 g/mol. The van der Waals surface area contributed by atoms with Crippen molar-refractivity contribution in [3.05, 3.63) is 46.5 Å². The third kappa shape index (κ3) is 3.00. The first kappa shape index (κ1) is 21.5. The molecule has 176 valence electrons. The lowest BCUT2D eigenvalue weighted by molar-refractivity contribution is 0.0475. The summed E-state index contributed by atoms with van der Waals surface area (Å²) < 4.78 is 0. The number of rotatable bonds is 4. The summed E-state index contributed by atoms with van der Waals surface area (Å²) in [6.07, 6.45) is 9.80. The van der Waals surface area contributed by atoms with Crippen LogP contribution in [0.3, 0.4) is 0 Å². The molecule has 0 N–H and O–H groups in total. The topological polar surface area (TPSA) is 74.8 Å². The van der Waals surface area contributed by atoms with Crippen molar-refractivity contribution in [2.24, 2.45) is 5.92 Å². The minimum Gasteiger partial charge on any atom is -0.271 e. The van der Waals surface area contributed by atoms with Crippen molar-refractivity contribution in [2.45, 2.75) is 83.2 Å². The molecular formula is C28H30N2O4. The fourth-order valence-electron chi connectivity index (χ4n) is 6.84. The van der Waals surface area contributed by atoms with Gasteiger partial charge in [0.2, 0.25) is 0 Å². The van der Waals surface area contributed by atoms with Crippen molar-refractivity contribution < 1.29 is 19.2 Å². The molecule has 2 heterocycles. The smallest absolute Gasteiger partial charge is 0.261 e. The third-order valence-electron chi connectivity index (χ3n) is 8.53. The van der Waals surface area contributed by atoms with E-state index in [1.54, 1.807) is 24.3 Å². The van der Waals surface area contributed by atoms with Gasteiger partial charge < -0.3 is 0 Å². The quantitative estimate of drug-likeness (QED) is 0.580. The van der Waals surface area contributed by atoms with Crippen LogP contribution in [0.1, 0.15) is 113 Å². The molecule has 0 aromatic heterocycles. The van der Waals surface area contributed by atoms with Gasteiger partial charge in [0.25, 0.3) is 23.6 Å². The Morgan fingerprint density at radius 2 is 1.00 bits per heavy atom. The maximum atomic E-state index is 13.6. The van der Waals surface area contributed by atoms with E-state index in [2.05, 4.69) is 6.92 Å². The molecule has 6 heteroatoms. The van der Waals surface area contributed by atoms with Gasteiger partial charge in [-0.05, 0) is 68.7 Å². The normalized spacial score (nSPS) is 25.1. The molecule has 0 atom stereocenters. The zero-order valence-corrected chi connectivity index (χ0v) is 19.6. The molecule has 2 aromatic rings. The van der Waals surface area contributed by atoms with Gasteiger partial charge in [-0.25, -0.2) is 0 Å². The van der Waals surface area contributed by atoms with Crippen molar-refractivity contribution >= 4 is 34.4 Å². The van der Waals surface area contributed by atoms with Crippen molar-refractivity contribution in [3.8, 4) is 0 Å². The van der Waals surface area contributed by atoms with Crippen molar-refractivity contribution in [1.82, 2.24) is 9.80 Å². The number of hydrogen-bond donors (Lipinski definition) is 0. The second kappa shape index (κ2) is 8.03. The largest absolute Gasteiger partial charge is 0.271 e. The predicted octanol–water partition coefficient (Wildman–Crippen LogP) is 5.33. The fourth-order valence-corrected chi connectivity index (χ4v) is 6.84. The molecule has 4 aliphatic rings. The number of carbonyl (C=O) groups excluding carboxylic acids is 4. The average Bonchev–Trinajstić information content (AvgIpc) is 3.37. The summed E-state index contributed by atoms with van der Waals surface area (Å²) >= 11 is 0. The van der Waals surface area contributed by atoms with Crippen molar-refractivity contribution in [2.75, 3.05) is 0 Å². The minimum absolute atomic E-state index is 0.0722. The van der Waals surface area contributed by atoms with E-state index in [1.807, 2.05) is 0 Å². The Bertz CT molecular complexity index is 1160. The number of carbonyl (C=O) groups is 4. The molecule has 2 aliphatic heterocycles. The third-order valence-corrected chi connectivity index (χ3v) is 8.53. The van der Waals surface area contributed by atoms with E-state index in [1.165, 1.54) is 16.2 Å². The first-order valence-corrected chi connectivity index (χ1v) is 12.9. The highest BCUT2D eigenvalue weighted by atomic mass is 16.2. The number of imide groups is 2. The fraction of sp³-hybridized carbons (Fsp3) is 0.500. The highest BCUT2D eigenvalue weighted by Gasteiger charge is 2.43. The molecule has 2 aliphatic carbocycles. The lowest BCUT2D eigenvalue weighted by Gasteiger charge is -2.39. The van der Waals surface area contributed by atoms with Gasteiger partial charge in [0, 0.05) is 45.1 Å². The minimum atomic E-state index is -0.301. The van der Waals surface area contributed by atoms with E-state index in [-0.39, 0.29) is 35.7 Å². The van der Waals surface area contributed by atoms with Gasteiger partial charge in [-0.3, -0.25) is 29.0 Å². The van der Waals surface area contributed by atoms with Gasteiger partial charge in [0.15, 0.2) is 0 Å². The number of nitrogens with zero attached hydrogens (tertiary/aromatic N) is 2. The second-order valence-corrected chi connectivity index (χ2v) is 10.4. The van der Waals surface area contributed by atoms with Gasteiger partial charge in [0.1, 0.15) is 0 Å². The Labute approximate surface area is 199 Å². The summed E-state index contributed by atoms with van der Waals surface area (Å²) in [5, 5.41) is 0.959. The molecule has 6 rings (SSSR count). The zero-order chi connectivity index (χ0) is 23.6. The van der Waals surface area contributed by atoms with Crippen molar-refractivity contribution in [3.63, 3.8) is 0 Å². The Morgan fingerprint density at radius 1 is 0.618 bits per heavy atom. The van der Waals surface area contributed by atoms with E-state index >= 15 is 0 Å². The van der Waals surface area contributed by atoms with Crippen LogP contribution in [-0.4, -0.2) is 45.5 Å². The lowest BCUT2D eigenvalue weighted by Crippen LogP contribution is -2.49. The molecule has 0 unspecified atom stereocenters. The molecule has 0 radical (unpaired) electrons. The molecule has 2 fully saturated rings. The molecule has 2 aromatic carbocycles. The zero-order valence-electron chi connectivity index (χ0n) is 19.6. The van der Waals surface area contributed by atoms with Crippen LogP contribution in [-0.2, 0) is 0 Å². The van der Waals surface area contributed by atoms with Gasteiger partial charge in [0.05, 0.1) is 0 Å². The standard InChI is InChI=1S/C28H30N2O4/c1-2-5-16-8-10-18(11-9-16)30-27(33)21-14-12-19-23-20(13-15-22(24(21)23)28(30)34)26(32)29(25(19)31)17-6-3-4-7-17/h12-18H,2-11H2,1H3. The molecule has 4 amide bonds. The summed E-state index contributed by atoms with van der Waals surface area (Å²) in [5.74, 6) is -0.513. The second-order valence-electron chi connectivity index (χ2n) is 10.4. The predicted molar refractivity (Wildman–Crippen MR) is 128 cm³/mol. The first-order chi connectivity index (χ1) is 16.5. The molecule has 34 heavy (non-hydrogen) atoms. The summed E-state index contributed by atoms with van der Waals surface area (Å²) in [6, 6.07) is 6.59. The highest BCUT2D eigenvalue weighted by Crippen LogP contribution is 2.41. The maximum Gasteiger partial charge on any atom is 0.261 e. The summed E-state index contributed by atoms with van der Waals surface area (Å²) in [7, 11) is 0. The van der Waals surface area contributed by atoms with Gasteiger partial charge in [-0.2, -0.15) is 0 Å². The van der Waals surface area contributed by atoms with Crippen molar-refractivity contribution in [1.29, 1.82) is 0 Å². The molecule has 0 spiro atoms. The van der Waals surface area contributed by atoms with Crippen LogP contribution < -0.4 is 0 Å². The van der Waals surface area contributed by atoms with Gasteiger partial charge >= 0.3 is 0 Å². The summed E-state index contributed by atoms with van der Waals surface area (Å²) in [4.78, 5) is 56.9. The number of amides is 4. The van der Waals surface area contributed by atoms with E-state index < -0.39 is 0 Å². The lowest BCUT2D eigenvalue weighted by atomic mass is 9.81. The molecular weight excluding hydrogens is 428 g/mol. The van der Waals surface area contributed by atoms with Crippen LogP contribution in [0.4, 0.5) is 0 Å². The van der Waals surface area contributed by atoms with Crippen LogP contribution in [0.15, 0.2) is 24.3 Å². The Morgan fingerprint density at radius 3 is 1.38 bits per heavy atom. The Balaban J connectivity index is 1.41. The van der Waals surface area contributed by atoms with Gasteiger partial charge in [-0.1, -0.05) is 32.6 Å². The number of hydrogen-bond acceptors (Lipinski definition) is 4. The molecule has 0 saturated heterocycles.